The van der Waals surface area contributed by atoms with Crippen LogP contribution < -0.4 is 0 Å². The zero-order valence-electron chi connectivity index (χ0n) is 13.5. The van der Waals surface area contributed by atoms with Gasteiger partial charge in [-0.25, -0.2) is 4.79 Å². The smallest absolute Gasteiger partial charge is 0.338 e. The maximum absolute atomic E-state index is 12.0. The van der Waals surface area contributed by atoms with Crippen LogP contribution in [0.3, 0.4) is 0 Å². The van der Waals surface area contributed by atoms with Gasteiger partial charge in [0.25, 0.3) is 0 Å². The Kier molecular flexibility index (Phi) is 6.09. The summed E-state index contributed by atoms with van der Waals surface area (Å²) >= 11 is 0. The molecule has 0 saturated carbocycles. The summed E-state index contributed by atoms with van der Waals surface area (Å²) < 4.78 is 10.1. The Hall–Kier alpha value is -2.66. The molecule has 1 atom stereocenters. The summed E-state index contributed by atoms with van der Waals surface area (Å²) in [7, 11) is 0. The molecule has 0 amide bonds. The van der Waals surface area contributed by atoms with Gasteiger partial charge in [-0.15, -0.1) is 0 Å². The predicted octanol–water partition coefficient (Wildman–Crippen LogP) is 2.61. The Morgan fingerprint density at radius 2 is 1.33 bits per heavy atom. The van der Waals surface area contributed by atoms with E-state index >= 15 is 0 Å². The second-order valence-electron chi connectivity index (χ2n) is 5.66. The standard InChI is InChI=1S/C19H20O5/c1-19(22,18(21)24-14-16-10-6-3-7-11-16)12-17(20)23-13-15-8-4-2-5-9-15/h2-11,22H,12-14H2,1H3. The fourth-order valence-electron chi connectivity index (χ4n) is 2.02. The van der Waals surface area contributed by atoms with E-state index in [1.807, 2.05) is 48.5 Å². The minimum absolute atomic E-state index is 0.0366. The van der Waals surface area contributed by atoms with Gasteiger partial charge in [0.2, 0.25) is 0 Å². The van der Waals surface area contributed by atoms with Crippen molar-refractivity contribution < 1.29 is 24.2 Å². The van der Waals surface area contributed by atoms with Crippen LogP contribution >= 0.6 is 0 Å². The van der Waals surface area contributed by atoms with Crippen LogP contribution in [-0.4, -0.2) is 22.6 Å². The van der Waals surface area contributed by atoms with Crippen molar-refractivity contribution in [1.29, 1.82) is 0 Å². The summed E-state index contributed by atoms with van der Waals surface area (Å²) in [6.45, 7) is 1.37. The van der Waals surface area contributed by atoms with Gasteiger partial charge in [0.1, 0.15) is 13.2 Å². The number of benzene rings is 2. The fourth-order valence-corrected chi connectivity index (χ4v) is 2.02. The van der Waals surface area contributed by atoms with Gasteiger partial charge in [0.05, 0.1) is 6.42 Å². The maximum Gasteiger partial charge on any atom is 0.338 e. The molecule has 0 aliphatic carbocycles. The van der Waals surface area contributed by atoms with Crippen molar-refractivity contribution in [2.24, 2.45) is 0 Å². The summed E-state index contributed by atoms with van der Waals surface area (Å²) in [4.78, 5) is 23.8. The molecule has 0 aliphatic heterocycles. The molecule has 0 spiro atoms. The van der Waals surface area contributed by atoms with Crippen LogP contribution in [0.4, 0.5) is 0 Å². The van der Waals surface area contributed by atoms with Crippen molar-refractivity contribution in [3.63, 3.8) is 0 Å². The van der Waals surface area contributed by atoms with Crippen LogP contribution in [0.1, 0.15) is 24.5 Å². The van der Waals surface area contributed by atoms with E-state index in [1.54, 1.807) is 12.1 Å². The molecule has 0 saturated heterocycles. The average Bonchev–Trinajstić information content (AvgIpc) is 2.59. The molecule has 1 unspecified atom stereocenters. The number of hydrogen-bond acceptors (Lipinski definition) is 5. The van der Waals surface area contributed by atoms with E-state index < -0.39 is 24.0 Å². The topological polar surface area (TPSA) is 72.8 Å². The van der Waals surface area contributed by atoms with Crippen molar-refractivity contribution in [2.45, 2.75) is 32.2 Å². The molecule has 2 rings (SSSR count). The molecule has 24 heavy (non-hydrogen) atoms. The minimum Gasteiger partial charge on any atom is -0.461 e. The Balaban J connectivity index is 1.80. The van der Waals surface area contributed by atoms with Gasteiger partial charge in [-0.05, 0) is 18.1 Å². The van der Waals surface area contributed by atoms with Crippen LogP contribution in [-0.2, 0) is 32.3 Å². The average molecular weight is 328 g/mol. The second-order valence-corrected chi connectivity index (χ2v) is 5.66. The largest absolute Gasteiger partial charge is 0.461 e. The van der Waals surface area contributed by atoms with Gasteiger partial charge in [-0.2, -0.15) is 0 Å². The number of esters is 2. The Bertz CT molecular complexity index is 665. The van der Waals surface area contributed by atoms with Crippen molar-refractivity contribution in [3.8, 4) is 0 Å². The molecule has 0 aromatic heterocycles. The zero-order chi connectivity index (χ0) is 17.4. The molecule has 0 fully saturated rings. The van der Waals surface area contributed by atoms with E-state index in [0.29, 0.717) is 0 Å². The first-order valence-electron chi connectivity index (χ1n) is 7.60. The second kappa shape index (κ2) is 8.26. The third kappa shape index (κ3) is 5.52. The van der Waals surface area contributed by atoms with Crippen molar-refractivity contribution in [2.75, 3.05) is 0 Å². The Morgan fingerprint density at radius 3 is 1.83 bits per heavy atom. The van der Waals surface area contributed by atoms with Crippen LogP contribution in [0, 0.1) is 0 Å². The minimum atomic E-state index is -1.93. The van der Waals surface area contributed by atoms with Crippen LogP contribution in [0.2, 0.25) is 0 Å². The normalized spacial score (nSPS) is 12.9. The van der Waals surface area contributed by atoms with Crippen LogP contribution in [0.5, 0.6) is 0 Å². The monoisotopic (exact) mass is 328 g/mol. The van der Waals surface area contributed by atoms with Crippen LogP contribution in [0.25, 0.3) is 0 Å². The molecule has 2 aromatic carbocycles. The highest BCUT2D eigenvalue weighted by atomic mass is 16.6. The van der Waals surface area contributed by atoms with E-state index in [4.69, 9.17) is 9.47 Å². The first kappa shape index (κ1) is 17.7. The lowest BCUT2D eigenvalue weighted by atomic mass is 10.0. The van der Waals surface area contributed by atoms with Gasteiger partial charge in [0, 0.05) is 0 Å². The quantitative estimate of drug-likeness (QED) is 0.791. The molecule has 0 aliphatic rings. The maximum atomic E-state index is 12.0. The number of carbonyl (C=O) groups is 2. The number of aliphatic hydroxyl groups is 1. The van der Waals surface area contributed by atoms with Crippen molar-refractivity contribution in [3.05, 3.63) is 71.8 Å². The molecule has 0 radical (unpaired) electrons. The lowest BCUT2D eigenvalue weighted by Gasteiger charge is -2.20. The molecule has 1 N–H and O–H groups in total. The highest BCUT2D eigenvalue weighted by molar-refractivity contribution is 5.85. The molecule has 0 bridgehead atoms. The lowest BCUT2D eigenvalue weighted by Crippen LogP contribution is -2.39. The van der Waals surface area contributed by atoms with Crippen molar-refractivity contribution >= 4 is 11.9 Å². The molecule has 5 nitrogen and oxygen atoms in total. The third-order valence-electron chi connectivity index (χ3n) is 3.38. The van der Waals surface area contributed by atoms with E-state index in [-0.39, 0.29) is 13.2 Å². The van der Waals surface area contributed by atoms with Gasteiger partial charge in [-0.1, -0.05) is 60.7 Å². The summed E-state index contributed by atoms with van der Waals surface area (Å²) in [5.74, 6) is -1.52. The number of ether oxygens (including phenoxy) is 2. The third-order valence-corrected chi connectivity index (χ3v) is 3.38. The van der Waals surface area contributed by atoms with Crippen molar-refractivity contribution in [1.82, 2.24) is 0 Å². The van der Waals surface area contributed by atoms with Gasteiger partial charge in [-0.3, -0.25) is 4.79 Å². The first-order valence-corrected chi connectivity index (χ1v) is 7.60. The Labute approximate surface area is 140 Å². The molecule has 0 heterocycles. The zero-order valence-corrected chi connectivity index (χ0v) is 13.5. The first-order chi connectivity index (χ1) is 11.5. The summed E-state index contributed by atoms with van der Waals surface area (Å²) in [5, 5.41) is 10.2. The highest BCUT2D eigenvalue weighted by Gasteiger charge is 2.35. The number of rotatable bonds is 7. The van der Waals surface area contributed by atoms with Crippen LogP contribution in [0.15, 0.2) is 60.7 Å². The summed E-state index contributed by atoms with van der Waals surface area (Å²) in [6.07, 6.45) is -0.465. The van der Waals surface area contributed by atoms with E-state index in [2.05, 4.69) is 0 Å². The highest BCUT2D eigenvalue weighted by Crippen LogP contribution is 2.15. The summed E-state index contributed by atoms with van der Waals surface area (Å²) in [6, 6.07) is 18.3. The lowest BCUT2D eigenvalue weighted by molar-refractivity contribution is -0.172. The SMILES string of the molecule is CC(O)(CC(=O)OCc1ccccc1)C(=O)OCc1ccccc1. The van der Waals surface area contributed by atoms with Gasteiger partial charge >= 0.3 is 11.9 Å². The van der Waals surface area contributed by atoms with Gasteiger partial charge in [0.15, 0.2) is 5.60 Å². The Morgan fingerprint density at radius 1 is 0.875 bits per heavy atom. The van der Waals surface area contributed by atoms with Gasteiger partial charge < -0.3 is 14.6 Å². The fraction of sp³-hybridized carbons (Fsp3) is 0.263. The summed E-state index contributed by atoms with van der Waals surface area (Å²) in [5.41, 5.74) is -0.298. The number of carbonyl (C=O) groups excluding carboxylic acids is 2. The van der Waals surface area contributed by atoms with E-state index in [9.17, 15) is 14.7 Å². The molecular formula is C19H20O5. The molecular weight excluding hydrogens is 308 g/mol. The molecule has 5 heteroatoms. The molecule has 126 valence electrons. The van der Waals surface area contributed by atoms with E-state index in [1.165, 1.54) is 6.92 Å². The predicted molar refractivity (Wildman–Crippen MR) is 87.7 cm³/mol. The van der Waals surface area contributed by atoms with E-state index in [0.717, 1.165) is 11.1 Å². The number of hydrogen-bond donors (Lipinski definition) is 1. The molecule has 2 aromatic rings.